The lowest BCUT2D eigenvalue weighted by molar-refractivity contribution is -0.136. The summed E-state index contributed by atoms with van der Waals surface area (Å²) < 4.78 is 10.7. The van der Waals surface area contributed by atoms with E-state index in [2.05, 4.69) is 49.3 Å². The van der Waals surface area contributed by atoms with Crippen molar-refractivity contribution < 1.29 is 18.7 Å². The number of rotatable bonds is 9. The maximum absolute atomic E-state index is 13.6. The van der Waals surface area contributed by atoms with Crippen molar-refractivity contribution in [3.63, 3.8) is 0 Å². The molecule has 2 aromatic heterocycles. The predicted molar refractivity (Wildman–Crippen MR) is 143 cm³/mol. The molecule has 192 valence electrons. The van der Waals surface area contributed by atoms with Gasteiger partial charge in [0.05, 0.1) is 19.9 Å². The van der Waals surface area contributed by atoms with Gasteiger partial charge in [-0.2, -0.15) is 0 Å². The molecular formula is C30H33N3O4. The third-order valence-corrected chi connectivity index (χ3v) is 7.69. The zero-order valence-corrected chi connectivity index (χ0v) is 21.7. The SMILES string of the molecule is COc1ccc(NC(=O)CN(Cc2ccco2)C(=O)CC2C(c3c(C)[nH]c4ccccc34)C2(C)C)cc1. The number of H-pyrrole nitrogens is 1. The fourth-order valence-corrected chi connectivity index (χ4v) is 5.59. The van der Waals surface area contributed by atoms with Crippen molar-refractivity contribution in [1.82, 2.24) is 9.88 Å². The normalized spacial score (nSPS) is 17.9. The van der Waals surface area contributed by atoms with Crippen LogP contribution in [0, 0.1) is 18.3 Å². The van der Waals surface area contributed by atoms with Crippen LogP contribution in [0.1, 0.15) is 43.2 Å². The number of nitrogens with zero attached hydrogens (tertiary/aromatic N) is 1. The van der Waals surface area contributed by atoms with Crippen LogP contribution in [0.25, 0.3) is 10.9 Å². The Morgan fingerprint density at radius 1 is 1.08 bits per heavy atom. The third kappa shape index (κ3) is 4.99. The predicted octanol–water partition coefficient (Wildman–Crippen LogP) is 5.88. The molecular weight excluding hydrogens is 466 g/mol. The van der Waals surface area contributed by atoms with Crippen LogP contribution in [0.4, 0.5) is 5.69 Å². The molecule has 0 radical (unpaired) electrons. The average Bonchev–Trinajstić information content (AvgIpc) is 3.25. The summed E-state index contributed by atoms with van der Waals surface area (Å²) >= 11 is 0. The number of carbonyl (C=O) groups is 2. The van der Waals surface area contributed by atoms with E-state index in [0.717, 1.165) is 11.2 Å². The van der Waals surface area contributed by atoms with Gasteiger partial charge in [-0.15, -0.1) is 0 Å². The third-order valence-electron chi connectivity index (χ3n) is 7.69. The highest BCUT2D eigenvalue weighted by Gasteiger charge is 2.59. The van der Waals surface area contributed by atoms with E-state index in [1.165, 1.54) is 10.9 Å². The number of benzene rings is 2. The van der Waals surface area contributed by atoms with Gasteiger partial charge in [0, 0.05) is 28.7 Å². The van der Waals surface area contributed by atoms with Gasteiger partial charge in [-0.3, -0.25) is 9.59 Å². The summed E-state index contributed by atoms with van der Waals surface area (Å²) in [5, 5.41) is 4.10. The molecule has 0 spiro atoms. The average molecular weight is 500 g/mol. The molecule has 0 saturated heterocycles. The smallest absolute Gasteiger partial charge is 0.244 e. The quantitative estimate of drug-likeness (QED) is 0.301. The molecule has 2 heterocycles. The Morgan fingerprint density at radius 3 is 2.54 bits per heavy atom. The molecule has 1 aliphatic carbocycles. The van der Waals surface area contributed by atoms with Crippen molar-refractivity contribution in [1.29, 1.82) is 0 Å². The van der Waals surface area contributed by atoms with E-state index in [9.17, 15) is 9.59 Å². The van der Waals surface area contributed by atoms with Gasteiger partial charge in [-0.05, 0) is 72.2 Å². The zero-order valence-electron chi connectivity index (χ0n) is 21.7. The van der Waals surface area contributed by atoms with Crippen LogP contribution in [0.5, 0.6) is 5.75 Å². The van der Waals surface area contributed by atoms with Gasteiger partial charge in [0.2, 0.25) is 11.8 Å². The Labute approximate surface area is 216 Å². The number of furan rings is 1. The number of amides is 2. The van der Waals surface area contributed by atoms with Crippen LogP contribution in [0.2, 0.25) is 0 Å². The Kier molecular flexibility index (Phi) is 6.54. The van der Waals surface area contributed by atoms with Crippen molar-refractivity contribution in [3.05, 3.63) is 83.9 Å². The number of anilines is 1. The molecule has 0 bridgehead atoms. The summed E-state index contributed by atoms with van der Waals surface area (Å²) in [7, 11) is 1.59. The van der Waals surface area contributed by atoms with Crippen molar-refractivity contribution in [2.45, 2.75) is 39.7 Å². The molecule has 4 aromatic rings. The second-order valence-corrected chi connectivity index (χ2v) is 10.4. The first-order valence-corrected chi connectivity index (χ1v) is 12.6. The largest absolute Gasteiger partial charge is 0.497 e. The zero-order chi connectivity index (χ0) is 26.2. The van der Waals surface area contributed by atoms with E-state index in [0.29, 0.717) is 23.6 Å². The van der Waals surface area contributed by atoms with Crippen LogP contribution in [-0.4, -0.2) is 35.4 Å². The van der Waals surface area contributed by atoms with Gasteiger partial charge in [0.15, 0.2) is 0 Å². The highest BCUT2D eigenvalue weighted by molar-refractivity contribution is 5.94. The number of nitrogens with one attached hydrogen (secondary N) is 2. The Balaban J connectivity index is 1.31. The number of fused-ring (bicyclic) bond motifs is 1. The summed E-state index contributed by atoms with van der Waals surface area (Å²) in [6.45, 7) is 6.74. The van der Waals surface area contributed by atoms with Crippen molar-refractivity contribution in [3.8, 4) is 5.75 Å². The fourth-order valence-electron chi connectivity index (χ4n) is 5.59. The topological polar surface area (TPSA) is 87.6 Å². The van der Waals surface area contributed by atoms with Crippen LogP contribution in [0.15, 0.2) is 71.3 Å². The van der Waals surface area contributed by atoms with Crippen LogP contribution in [0.3, 0.4) is 0 Å². The second kappa shape index (κ2) is 9.81. The molecule has 2 N–H and O–H groups in total. The molecule has 2 unspecified atom stereocenters. The van der Waals surface area contributed by atoms with Gasteiger partial charge in [-0.1, -0.05) is 32.0 Å². The van der Waals surface area contributed by atoms with Gasteiger partial charge in [0.1, 0.15) is 18.1 Å². The minimum atomic E-state index is -0.260. The number of hydrogen-bond acceptors (Lipinski definition) is 4. The van der Waals surface area contributed by atoms with Gasteiger partial charge in [0.25, 0.3) is 0 Å². The first-order chi connectivity index (χ1) is 17.8. The van der Waals surface area contributed by atoms with E-state index in [1.807, 2.05) is 12.1 Å². The Morgan fingerprint density at radius 2 is 1.84 bits per heavy atom. The number of aromatic nitrogens is 1. The highest BCUT2D eigenvalue weighted by Crippen LogP contribution is 2.67. The van der Waals surface area contributed by atoms with E-state index in [1.54, 1.807) is 48.6 Å². The minimum absolute atomic E-state index is 0.0207. The Hall–Kier alpha value is -4.00. The summed E-state index contributed by atoms with van der Waals surface area (Å²) in [4.78, 5) is 31.6. The molecule has 7 nitrogen and oxygen atoms in total. The van der Waals surface area contributed by atoms with Gasteiger partial charge in [-0.25, -0.2) is 0 Å². The summed E-state index contributed by atoms with van der Waals surface area (Å²) in [6.07, 6.45) is 1.95. The minimum Gasteiger partial charge on any atom is -0.497 e. The Bertz CT molecular complexity index is 1400. The molecule has 2 amide bonds. The molecule has 7 heteroatoms. The molecule has 1 saturated carbocycles. The highest BCUT2D eigenvalue weighted by atomic mass is 16.5. The number of para-hydroxylation sites is 1. The summed E-state index contributed by atoms with van der Waals surface area (Å²) in [5.41, 5.74) is 4.20. The van der Waals surface area contributed by atoms with Crippen molar-refractivity contribution in [2.24, 2.45) is 11.3 Å². The number of aromatic amines is 1. The number of methoxy groups -OCH3 is 1. The number of carbonyl (C=O) groups excluding carboxylic acids is 2. The first kappa shape index (κ1) is 24.7. The van der Waals surface area contributed by atoms with Crippen LogP contribution < -0.4 is 10.1 Å². The van der Waals surface area contributed by atoms with E-state index in [4.69, 9.17) is 9.15 Å². The first-order valence-electron chi connectivity index (χ1n) is 12.6. The lowest BCUT2D eigenvalue weighted by Crippen LogP contribution is -2.37. The van der Waals surface area contributed by atoms with E-state index in [-0.39, 0.29) is 42.2 Å². The van der Waals surface area contributed by atoms with Gasteiger partial charge >= 0.3 is 0 Å². The summed E-state index contributed by atoms with van der Waals surface area (Å²) in [6, 6.07) is 19.0. The monoisotopic (exact) mass is 499 g/mol. The second-order valence-electron chi connectivity index (χ2n) is 10.4. The lowest BCUT2D eigenvalue weighted by atomic mass is 10.0. The van der Waals surface area contributed by atoms with Crippen molar-refractivity contribution in [2.75, 3.05) is 19.0 Å². The molecule has 1 fully saturated rings. The van der Waals surface area contributed by atoms with Crippen LogP contribution in [-0.2, 0) is 16.1 Å². The maximum Gasteiger partial charge on any atom is 0.244 e. The van der Waals surface area contributed by atoms with E-state index < -0.39 is 0 Å². The number of ether oxygens (including phenoxy) is 1. The lowest BCUT2D eigenvalue weighted by Gasteiger charge is -2.22. The molecule has 0 aliphatic heterocycles. The fraction of sp³-hybridized carbons (Fsp3) is 0.333. The standard InChI is InChI=1S/C30H33N3O4/c1-19-28(23-9-5-6-10-25(23)31-19)29-24(30(29,2)3)16-27(35)33(17-22-8-7-15-37-22)18-26(34)32-20-11-13-21(36-4)14-12-20/h5-15,24,29,31H,16-18H2,1-4H3,(H,32,34). The molecule has 37 heavy (non-hydrogen) atoms. The number of aryl methyl sites for hydroxylation is 1. The summed E-state index contributed by atoms with van der Waals surface area (Å²) in [5.74, 6) is 1.49. The maximum atomic E-state index is 13.6. The van der Waals surface area contributed by atoms with Crippen LogP contribution >= 0.6 is 0 Å². The molecule has 2 aromatic carbocycles. The van der Waals surface area contributed by atoms with Gasteiger partial charge < -0.3 is 24.4 Å². The molecule has 1 aliphatic rings. The molecule has 5 rings (SSSR count). The molecule has 2 atom stereocenters. The van der Waals surface area contributed by atoms with Crippen molar-refractivity contribution >= 4 is 28.4 Å². The number of hydrogen-bond donors (Lipinski definition) is 2. The van der Waals surface area contributed by atoms with E-state index >= 15 is 0 Å².